The lowest BCUT2D eigenvalue weighted by Crippen LogP contribution is -2.40. The molecule has 0 bridgehead atoms. The number of halogens is 3. The van der Waals surface area contributed by atoms with Gasteiger partial charge in [-0.15, -0.1) is 0 Å². The van der Waals surface area contributed by atoms with Gasteiger partial charge in [-0.25, -0.2) is 0 Å². The van der Waals surface area contributed by atoms with Gasteiger partial charge in [-0.1, -0.05) is 12.6 Å². The van der Waals surface area contributed by atoms with E-state index in [0.29, 0.717) is 11.5 Å². The lowest BCUT2D eigenvalue weighted by atomic mass is 9.84. The minimum atomic E-state index is -4.43. The number of carboxylic acids is 1. The monoisotopic (exact) mass is 452 g/mol. The second-order valence-corrected chi connectivity index (χ2v) is 10.2. The highest BCUT2D eigenvalue weighted by atomic mass is 19.4. The van der Waals surface area contributed by atoms with E-state index in [1.54, 1.807) is 6.07 Å². The minimum Gasteiger partial charge on any atom is -0.481 e. The van der Waals surface area contributed by atoms with E-state index in [9.17, 15) is 18.0 Å². The van der Waals surface area contributed by atoms with E-state index >= 15 is 0 Å². The smallest absolute Gasteiger partial charge is 0.416 e. The Hall–Kier alpha value is -2.02. The van der Waals surface area contributed by atoms with Crippen molar-refractivity contribution in [3.8, 4) is 0 Å². The van der Waals surface area contributed by atoms with Gasteiger partial charge in [0, 0.05) is 43.2 Å². The van der Waals surface area contributed by atoms with E-state index in [1.165, 1.54) is 5.70 Å². The van der Waals surface area contributed by atoms with E-state index in [2.05, 4.69) is 37.1 Å². The molecular formula is C25H35F3N2O2. The van der Waals surface area contributed by atoms with Crippen LogP contribution in [-0.2, 0) is 17.4 Å². The second kappa shape index (κ2) is 9.46. The van der Waals surface area contributed by atoms with Crippen LogP contribution in [0.5, 0.6) is 0 Å². The third kappa shape index (κ3) is 5.85. The first kappa shape index (κ1) is 24.6. The van der Waals surface area contributed by atoms with Gasteiger partial charge in [0.25, 0.3) is 0 Å². The molecule has 0 amide bonds. The van der Waals surface area contributed by atoms with Gasteiger partial charge in [0.15, 0.2) is 0 Å². The predicted molar refractivity (Wildman–Crippen MR) is 120 cm³/mol. The van der Waals surface area contributed by atoms with Crippen LogP contribution in [0, 0.1) is 5.92 Å². The zero-order chi connectivity index (χ0) is 23.7. The lowest BCUT2D eigenvalue weighted by molar-refractivity contribution is -0.137. The van der Waals surface area contributed by atoms with Gasteiger partial charge in [-0.2, -0.15) is 13.2 Å². The van der Waals surface area contributed by atoms with Crippen LogP contribution in [0.25, 0.3) is 0 Å². The maximum Gasteiger partial charge on any atom is 0.416 e. The number of nitrogens with zero attached hydrogens (tertiary/aromatic N) is 2. The largest absolute Gasteiger partial charge is 0.481 e. The summed E-state index contributed by atoms with van der Waals surface area (Å²) in [5, 5.41) is 9.03. The highest BCUT2D eigenvalue weighted by Gasteiger charge is 2.35. The van der Waals surface area contributed by atoms with Gasteiger partial charge >= 0.3 is 12.1 Å². The van der Waals surface area contributed by atoms with Gasteiger partial charge < -0.3 is 10.0 Å². The summed E-state index contributed by atoms with van der Waals surface area (Å²) < 4.78 is 39.6. The number of aryl methyl sites for hydroxylation is 1. The van der Waals surface area contributed by atoms with Gasteiger partial charge in [0.2, 0.25) is 0 Å². The van der Waals surface area contributed by atoms with E-state index in [-0.39, 0.29) is 24.3 Å². The summed E-state index contributed by atoms with van der Waals surface area (Å²) in [6.07, 6.45) is -1.71. The van der Waals surface area contributed by atoms with Crippen LogP contribution < -0.4 is 0 Å². The first-order valence-corrected chi connectivity index (χ1v) is 11.5. The molecular weight excluding hydrogens is 417 g/mol. The molecule has 2 fully saturated rings. The second-order valence-electron chi connectivity index (χ2n) is 10.2. The Morgan fingerprint density at radius 1 is 1.12 bits per heavy atom. The SMILES string of the molecule is C=C(C1CCN(C(C)(C)C)C1)N1CCC(c2ccc(C(F)(F)F)cc2CCC(=O)O)CC1. The zero-order valence-corrected chi connectivity index (χ0v) is 19.3. The average molecular weight is 453 g/mol. The Labute approximate surface area is 189 Å². The van der Waals surface area contributed by atoms with Crippen LogP contribution in [0.1, 0.15) is 69.1 Å². The Morgan fingerprint density at radius 2 is 1.78 bits per heavy atom. The highest BCUT2D eigenvalue weighted by molar-refractivity contribution is 5.67. The summed E-state index contributed by atoms with van der Waals surface area (Å²) in [5.74, 6) is -0.414. The fraction of sp³-hybridized carbons (Fsp3) is 0.640. The van der Waals surface area contributed by atoms with Crippen molar-refractivity contribution in [2.24, 2.45) is 5.92 Å². The van der Waals surface area contributed by atoms with E-state index in [0.717, 1.165) is 63.1 Å². The molecule has 2 aliphatic heterocycles. The maximum absolute atomic E-state index is 13.2. The van der Waals surface area contributed by atoms with Crippen LogP contribution in [0.3, 0.4) is 0 Å². The minimum absolute atomic E-state index is 0.117. The molecule has 1 N–H and O–H groups in total. The van der Waals surface area contributed by atoms with Crippen molar-refractivity contribution in [3.63, 3.8) is 0 Å². The molecule has 0 aliphatic carbocycles. The molecule has 7 heteroatoms. The van der Waals surface area contributed by atoms with Crippen LogP contribution in [0.15, 0.2) is 30.5 Å². The molecule has 0 saturated carbocycles. The third-order valence-electron chi connectivity index (χ3n) is 7.03. The summed E-state index contributed by atoms with van der Waals surface area (Å²) in [4.78, 5) is 15.9. The van der Waals surface area contributed by atoms with Crippen molar-refractivity contribution in [1.29, 1.82) is 0 Å². The molecule has 2 saturated heterocycles. The molecule has 3 rings (SSSR count). The topological polar surface area (TPSA) is 43.8 Å². The summed E-state index contributed by atoms with van der Waals surface area (Å²) in [5.41, 5.74) is 1.99. The molecule has 1 unspecified atom stereocenters. The fourth-order valence-electron chi connectivity index (χ4n) is 5.02. The molecule has 2 heterocycles. The standard InChI is InChI=1S/C25H35F3N2O2/c1-17(20-11-14-30(16-20)24(2,3)4)29-12-9-18(10-13-29)22-7-6-21(25(26,27)28)15-19(22)5-8-23(31)32/h6-7,15,18,20H,1,5,8-14,16H2,2-4H3,(H,31,32). The molecule has 1 aromatic rings. The van der Waals surface area contributed by atoms with Crippen molar-refractivity contribution >= 4 is 5.97 Å². The maximum atomic E-state index is 13.2. The Balaban J connectivity index is 1.66. The quantitative estimate of drug-likeness (QED) is 0.616. The summed E-state index contributed by atoms with van der Waals surface area (Å²) >= 11 is 0. The fourth-order valence-corrected chi connectivity index (χ4v) is 5.02. The van der Waals surface area contributed by atoms with E-state index in [1.807, 2.05) is 0 Å². The molecule has 4 nitrogen and oxygen atoms in total. The van der Waals surface area contributed by atoms with Crippen molar-refractivity contribution in [3.05, 3.63) is 47.2 Å². The first-order valence-electron chi connectivity index (χ1n) is 11.5. The molecule has 1 atom stereocenters. The zero-order valence-electron chi connectivity index (χ0n) is 19.3. The predicted octanol–water partition coefficient (Wildman–Crippen LogP) is 5.54. The van der Waals surface area contributed by atoms with E-state index in [4.69, 9.17) is 5.11 Å². The third-order valence-corrected chi connectivity index (χ3v) is 7.03. The lowest BCUT2D eigenvalue weighted by Gasteiger charge is -2.38. The molecule has 1 aromatic carbocycles. The summed E-state index contributed by atoms with van der Waals surface area (Å²) in [6.45, 7) is 14.8. The Kier molecular flexibility index (Phi) is 7.28. The highest BCUT2D eigenvalue weighted by Crippen LogP contribution is 2.38. The van der Waals surface area contributed by atoms with Crippen molar-refractivity contribution in [2.75, 3.05) is 26.2 Å². The Bertz CT molecular complexity index is 837. The van der Waals surface area contributed by atoms with Gasteiger partial charge in [-0.3, -0.25) is 9.69 Å². The van der Waals surface area contributed by atoms with Gasteiger partial charge in [-0.05, 0) is 82.2 Å². The summed E-state index contributed by atoms with van der Waals surface area (Å²) in [6, 6.07) is 3.83. The molecule has 0 spiro atoms. The molecule has 178 valence electrons. The van der Waals surface area contributed by atoms with Crippen molar-refractivity contribution < 1.29 is 23.1 Å². The number of carboxylic acid groups (broad SMARTS) is 1. The number of aliphatic carboxylic acids is 1. The van der Waals surface area contributed by atoms with Gasteiger partial charge in [0.1, 0.15) is 0 Å². The number of hydrogen-bond donors (Lipinski definition) is 1. The van der Waals surface area contributed by atoms with Crippen LogP contribution >= 0.6 is 0 Å². The molecule has 0 aromatic heterocycles. The number of likely N-dealkylation sites (tertiary alicyclic amines) is 2. The number of benzene rings is 1. The molecule has 32 heavy (non-hydrogen) atoms. The molecule has 2 aliphatic rings. The van der Waals surface area contributed by atoms with Crippen LogP contribution in [0.4, 0.5) is 13.2 Å². The van der Waals surface area contributed by atoms with E-state index < -0.39 is 17.7 Å². The van der Waals surface area contributed by atoms with Crippen molar-refractivity contribution in [1.82, 2.24) is 9.80 Å². The van der Waals surface area contributed by atoms with Gasteiger partial charge in [0.05, 0.1) is 5.56 Å². The van der Waals surface area contributed by atoms with Crippen molar-refractivity contribution in [2.45, 2.75) is 70.5 Å². The first-order chi connectivity index (χ1) is 14.9. The average Bonchev–Trinajstić information content (AvgIpc) is 3.22. The number of piperidine rings is 1. The normalized spacial score (nSPS) is 21.2. The Morgan fingerprint density at radius 3 is 2.31 bits per heavy atom. The van der Waals surface area contributed by atoms with Crippen LogP contribution in [-0.4, -0.2) is 52.6 Å². The molecule has 0 radical (unpaired) electrons. The number of hydrogen-bond acceptors (Lipinski definition) is 3. The number of rotatable bonds is 6. The number of carbonyl (C=O) groups is 1. The summed E-state index contributed by atoms with van der Waals surface area (Å²) in [7, 11) is 0. The van der Waals surface area contributed by atoms with Crippen LogP contribution in [0.2, 0.25) is 0 Å². The number of alkyl halides is 3.